The van der Waals surface area contributed by atoms with Gasteiger partial charge in [0.1, 0.15) is 5.37 Å². The van der Waals surface area contributed by atoms with Gasteiger partial charge in [-0.25, -0.2) is 0 Å². The third-order valence-corrected chi connectivity index (χ3v) is 6.06. The molecule has 152 valence electrons. The number of non-ortho nitro benzene ring substituents is 1. The van der Waals surface area contributed by atoms with Crippen LogP contribution in [0.15, 0.2) is 24.3 Å². The van der Waals surface area contributed by atoms with Crippen LogP contribution in [0.4, 0.5) is 5.69 Å². The lowest BCUT2D eigenvalue weighted by atomic mass is 10.1. The molecule has 27 heavy (non-hydrogen) atoms. The predicted octanol–water partition coefficient (Wildman–Crippen LogP) is 2.65. The minimum absolute atomic E-state index is 0. The van der Waals surface area contributed by atoms with Crippen molar-refractivity contribution in [3.63, 3.8) is 0 Å². The molecule has 2 aliphatic heterocycles. The highest BCUT2D eigenvalue weighted by Crippen LogP contribution is 2.39. The standard InChI is InChI=1S/C17H24N4O3S.2ClH/c1-18-8-10-19(11-9-18)6-3-7-20-16(22)13-25-17(20)14-4-2-5-15(12-14)21(23)24;;/h2,4-5,12,17H,3,6-11,13H2,1H3;2*1H. The van der Waals surface area contributed by atoms with Crippen molar-refractivity contribution in [2.75, 3.05) is 52.1 Å². The highest BCUT2D eigenvalue weighted by molar-refractivity contribution is 8.00. The fraction of sp³-hybridized carbons (Fsp3) is 0.588. The van der Waals surface area contributed by atoms with Crippen molar-refractivity contribution in [1.29, 1.82) is 0 Å². The van der Waals surface area contributed by atoms with Gasteiger partial charge in [0.05, 0.1) is 10.7 Å². The molecule has 1 aromatic rings. The number of amides is 1. The molecule has 1 atom stereocenters. The lowest BCUT2D eigenvalue weighted by Crippen LogP contribution is -2.45. The molecule has 10 heteroatoms. The van der Waals surface area contributed by atoms with Crippen molar-refractivity contribution in [3.05, 3.63) is 39.9 Å². The van der Waals surface area contributed by atoms with Crippen molar-refractivity contribution in [1.82, 2.24) is 14.7 Å². The summed E-state index contributed by atoms with van der Waals surface area (Å²) in [5.74, 6) is 0.571. The van der Waals surface area contributed by atoms with E-state index in [0.29, 0.717) is 12.3 Å². The summed E-state index contributed by atoms with van der Waals surface area (Å²) in [5.41, 5.74) is 0.916. The Morgan fingerprint density at radius 1 is 1.19 bits per heavy atom. The monoisotopic (exact) mass is 436 g/mol. The van der Waals surface area contributed by atoms with Crippen LogP contribution in [0.5, 0.6) is 0 Å². The second-order valence-electron chi connectivity index (χ2n) is 6.60. The Morgan fingerprint density at radius 3 is 2.56 bits per heavy atom. The Kier molecular flexibility index (Phi) is 9.83. The van der Waals surface area contributed by atoms with Crippen LogP contribution in [0.2, 0.25) is 0 Å². The van der Waals surface area contributed by atoms with Gasteiger partial charge in [-0.1, -0.05) is 12.1 Å². The number of nitro groups is 1. The minimum atomic E-state index is -0.386. The number of nitrogens with zero attached hydrogens (tertiary/aromatic N) is 4. The lowest BCUT2D eigenvalue weighted by Gasteiger charge is -2.33. The second-order valence-corrected chi connectivity index (χ2v) is 7.67. The van der Waals surface area contributed by atoms with E-state index >= 15 is 0 Å². The Hall–Kier alpha value is -1.06. The van der Waals surface area contributed by atoms with Crippen LogP contribution < -0.4 is 0 Å². The van der Waals surface area contributed by atoms with Crippen molar-refractivity contribution in [2.45, 2.75) is 11.8 Å². The molecule has 0 aliphatic carbocycles. The topological polar surface area (TPSA) is 69.9 Å². The Balaban J connectivity index is 0.00000182. The average Bonchev–Trinajstić information content (AvgIpc) is 2.98. The SMILES string of the molecule is CN1CCN(CCCN2C(=O)CSC2c2cccc([N+](=O)[O-])c2)CC1.Cl.Cl. The molecule has 1 amide bonds. The molecule has 0 N–H and O–H groups in total. The molecule has 1 unspecified atom stereocenters. The highest BCUT2D eigenvalue weighted by Gasteiger charge is 2.33. The van der Waals surface area contributed by atoms with Crippen molar-refractivity contribution in [2.24, 2.45) is 0 Å². The third-order valence-electron chi connectivity index (χ3n) is 4.80. The van der Waals surface area contributed by atoms with Crippen LogP contribution in [-0.2, 0) is 4.79 Å². The van der Waals surface area contributed by atoms with E-state index in [1.165, 1.54) is 6.07 Å². The number of thioether (sulfide) groups is 1. The van der Waals surface area contributed by atoms with Crippen molar-refractivity contribution in [3.8, 4) is 0 Å². The van der Waals surface area contributed by atoms with Gasteiger partial charge in [-0.05, 0) is 25.6 Å². The largest absolute Gasteiger partial charge is 0.326 e. The first-order valence-electron chi connectivity index (χ1n) is 8.61. The van der Waals surface area contributed by atoms with Gasteiger partial charge in [0, 0.05) is 44.9 Å². The smallest absolute Gasteiger partial charge is 0.269 e. The summed E-state index contributed by atoms with van der Waals surface area (Å²) >= 11 is 1.55. The van der Waals surface area contributed by atoms with Gasteiger partial charge in [0.25, 0.3) is 5.69 Å². The molecule has 2 saturated heterocycles. The maximum Gasteiger partial charge on any atom is 0.269 e. The van der Waals surface area contributed by atoms with E-state index in [4.69, 9.17) is 0 Å². The number of halogens is 2. The predicted molar refractivity (Wildman–Crippen MR) is 113 cm³/mol. The van der Waals surface area contributed by atoms with E-state index < -0.39 is 0 Å². The van der Waals surface area contributed by atoms with E-state index in [2.05, 4.69) is 16.8 Å². The van der Waals surface area contributed by atoms with Crippen LogP contribution in [-0.4, -0.2) is 77.6 Å². The van der Waals surface area contributed by atoms with Crippen molar-refractivity contribution >= 4 is 48.2 Å². The Bertz CT molecular complexity index is 644. The van der Waals surface area contributed by atoms with Gasteiger partial charge in [0.15, 0.2) is 0 Å². The van der Waals surface area contributed by atoms with Crippen LogP contribution in [0.3, 0.4) is 0 Å². The van der Waals surface area contributed by atoms with E-state index in [9.17, 15) is 14.9 Å². The number of nitro benzene ring substituents is 1. The number of benzene rings is 1. The third kappa shape index (κ3) is 6.22. The minimum Gasteiger partial charge on any atom is -0.326 e. The number of rotatable bonds is 6. The molecule has 0 radical (unpaired) electrons. The molecule has 7 nitrogen and oxygen atoms in total. The zero-order valence-corrected chi connectivity index (χ0v) is 17.7. The molecular formula is C17H26Cl2N4O3S. The fourth-order valence-electron chi connectivity index (χ4n) is 3.30. The molecule has 2 fully saturated rings. The fourth-order valence-corrected chi connectivity index (χ4v) is 4.51. The summed E-state index contributed by atoms with van der Waals surface area (Å²) in [5, 5.41) is 10.9. The van der Waals surface area contributed by atoms with Gasteiger partial charge >= 0.3 is 0 Å². The first-order valence-corrected chi connectivity index (χ1v) is 9.66. The first kappa shape index (κ1) is 24.0. The lowest BCUT2D eigenvalue weighted by molar-refractivity contribution is -0.384. The Labute approximate surface area is 176 Å². The number of carbonyl (C=O) groups excluding carboxylic acids is 1. The number of piperazine rings is 1. The van der Waals surface area contributed by atoms with Crippen LogP contribution >= 0.6 is 36.6 Å². The van der Waals surface area contributed by atoms with Crippen LogP contribution in [0, 0.1) is 10.1 Å². The molecule has 0 bridgehead atoms. The van der Waals surface area contributed by atoms with Gasteiger partial charge in [-0.2, -0.15) is 0 Å². The number of hydrogen-bond acceptors (Lipinski definition) is 6. The molecule has 1 aromatic carbocycles. The summed E-state index contributed by atoms with van der Waals surface area (Å²) < 4.78 is 0. The van der Waals surface area contributed by atoms with Gasteiger partial charge < -0.3 is 14.7 Å². The summed E-state index contributed by atoms with van der Waals surface area (Å²) in [4.78, 5) is 29.5. The molecule has 3 rings (SSSR count). The highest BCUT2D eigenvalue weighted by atomic mass is 35.5. The Morgan fingerprint density at radius 2 is 1.89 bits per heavy atom. The van der Waals surface area contributed by atoms with E-state index in [0.717, 1.165) is 44.7 Å². The summed E-state index contributed by atoms with van der Waals surface area (Å²) in [6, 6.07) is 6.64. The van der Waals surface area contributed by atoms with Gasteiger partial charge in [-0.3, -0.25) is 14.9 Å². The second kappa shape index (κ2) is 11.1. The number of carbonyl (C=O) groups is 1. The summed E-state index contributed by atoms with van der Waals surface area (Å²) in [6.45, 7) is 6.03. The summed E-state index contributed by atoms with van der Waals surface area (Å²) in [6.07, 6.45) is 0.932. The van der Waals surface area contributed by atoms with E-state index in [1.807, 2.05) is 11.0 Å². The van der Waals surface area contributed by atoms with Gasteiger partial charge in [-0.15, -0.1) is 36.6 Å². The molecule has 0 aromatic heterocycles. The van der Waals surface area contributed by atoms with Crippen LogP contribution in [0.25, 0.3) is 0 Å². The van der Waals surface area contributed by atoms with Crippen LogP contribution in [0.1, 0.15) is 17.4 Å². The number of hydrogen-bond donors (Lipinski definition) is 0. The van der Waals surface area contributed by atoms with Crippen molar-refractivity contribution < 1.29 is 9.72 Å². The zero-order chi connectivity index (χ0) is 17.8. The molecule has 0 saturated carbocycles. The van der Waals surface area contributed by atoms with E-state index in [1.54, 1.807) is 23.9 Å². The molecule has 2 aliphatic rings. The normalized spacial score (nSPS) is 20.9. The first-order chi connectivity index (χ1) is 12.0. The summed E-state index contributed by atoms with van der Waals surface area (Å²) in [7, 11) is 2.14. The molecule has 0 spiro atoms. The average molecular weight is 437 g/mol. The maximum atomic E-state index is 12.3. The maximum absolute atomic E-state index is 12.3. The quantitative estimate of drug-likeness (QED) is 0.504. The van der Waals surface area contributed by atoms with Gasteiger partial charge in [0.2, 0.25) is 5.91 Å². The number of likely N-dealkylation sites (N-methyl/N-ethyl adjacent to an activating group) is 1. The van der Waals surface area contributed by atoms with E-state index in [-0.39, 0.29) is 46.7 Å². The molecule has 2 heterocycles. The molecular weight excluding hydrogens is 411 g/mol. The zero-order valence-electron chi connectivity index (χ0n) is 15.3.